The Hall–Kier alpha value is 1.12. The minimum Gasteiger partial charge on any atom is -0.303 e. The third-order valence-corrected chi connectivity index (χ3v) is 1.11. The smallest absolute Gasteiger partial charge is 0.191 e. The molecule has 0 aliphatic heterocycles. The molecule has 0 aromatic carbocycles. The van der Waals surface area contributed by atoms with Crippen molar-refractivity contribution in [2.24, 2.45) is 0 Å². The predicted molar refractivity (Wildman–Crippen MR) is 35.6 cm³/mol. The predicted octanol–water partition coefficient (Wildman–Crippen LogP) is 2.33. The van der Waals surface area contributed by atoms with E-state index in [-0.39, 0.29) is 18.6 Å². The van der Waals surface area contributed by atoms with Gasteiger partial charge in [-0.3, -0.25) is 0 Å². The number of rotatable bonds is 2. The summed E-state index contributed by atoms with van der Waals surface area (Å²) in [5.41, 5.74) is 0. The van der Waals surface area contributed by atoms with E-state index in [1.807, 2.05) is 0 Å². The Morgan fingerprint density at radius 2 is 1.78 bits per heavy atom. The van der Waals surface area contributed by atoms with Crippen LogP contribution in [0.1, 0.15) is 12.8 Å². The molecule has 0 aromatic heterocycles. The van der Waals surface area contributed by atoms with Crippen molar-refractivity contribution >= 4 is 41.1 Å². The third kappa shape index (κ3) is 12.3. The van der Waals surface area contributed by atoms with Gasteiger partial charge in [0.25, 0.3) is 0 Å². The van der Waals surface area contributed by atoms with Crippen molar-refractivity contribution in [1.82, 2.24) is 0 Å². The second-order valence-electron chi connectivity index (χ2n) is 1.32. The molecular formula is C4H5Cl3OV. The number of halogens is 3. The molecule has 0 fully saturated rings. The van der Waals surface area contributed by atoms with Crippen molar-refractivity contribution in [3.8, 4) is 0 Å². The van der Waals surface area contributed by atoms with Gasteiger partial charge >= 0.3 is 0 Å². The second-order valence-corrected chi connectivity index (χ2v) is 3.84. The summed E-state index contributed by atoms with van der Waals surface area (Å²) in [5, 5.41) is 0. The van der Waals surface area contributed by atoms with Crippen LogP contribution in [0.2, 0.25) is 0 Å². The minimum atomic E-state index is -1.26. The van der Waals surface area contributed by atoms with Gasteiger partial charge in [0.2, 0.25) is 0 Å². The van der Waals surface area contributed by atoms with Crippen LogP contribution in [0, 0.1) is 0 Å². The van der Waals surface area contributed by atoms with Gasteiger partial charge in [0, 0.05) is 31.4 Å². The van der Waals surface area contributed by atoms with Gasteiger partial charge in [0.1, 0.15) is 6.29 Å². The van der Waals surface area contributed by atoms with Crippen molar-refractivity contribution < 1.29 is 23.4 Å². The van der Waals surface area contributed by atoms with Crippen LogP contribution < -0.4 is 0 Å². The van der Waals surface area contributed by atoms with E-state index >= 15 is 0 Å². The molecule has 0 atom stereocenters. The van der Waals surface area contributed by atoms with E-state index in [0.29, 0.717) is 12.8 Å². The number of carbonyl (C=O) groups excluding carboxylic acids is 1. The summed E-state index contributed by atoms with van der Waals surface area (Å²) in [7, 11) is 0. The minimum absolute atomic E-state index is 0. The number of aldehydes is 1. The van der Waals surface area contributed by atoms with Gasteiger partial charge in [0.15, 0.2) is 3.79 Å². The molecule has 0 unspecified atom stereocenters. The van der Waals surface area contributed by atoms with E-state index in [0.717, 1.165) is 6.29 Å². The van der Waals surface area contributed by atoms with E-state index in [2.05, 4.69) is 0 Å². The van der Waals surface area contributed by atoms with Crippen LogP contribution in [0.4, 0.5) is 0 Å². The van der Waals surface area contributed by atoms with Gasteiger partial charge in [-0.1, -0.05) is 34.8 Å². The average Bonchev–Trinajstić information content (AvgIpc) is 1.59. The fourth-order valence-electron chi connectivity index (χ4n) is 0.223. The second kappa shape index (κ2) is 5.88. The Bertz CT molecular complexity index is 80.4. The molecule has 0 rings (SSSR count). The average molecular weight is 226 g/mol. The Kier molecular flexibility index (Phi) is 8.34. The van der Waals surface area contributed by atoms with E-state index in [4.69, 9.17) is 34.8 Å². The third-order valence-electron chi connectivity index (χ3n) is 0.546. The molecule has 0 aromatic rings. The van der Waals surface area contributed by atoms with Gasteiger partial charge in [-0.15, -0.1) is 0 Å². The van der Waals surface area contributed by atoms with Gasteiger partial charge < -0.3 is 4.79 Å². The van der Waals surface area contributed by atoms with Crippen molar-refractivity contribution in [3.05, 3.63) is 0 Å². The maximum Gasteiger partial charge on any atom is 0.191 e. The van der Waals surface area contributed by atoms with E-state index in [9.17, 15) is 4.79 Å². The van der Waals surface area contributed by atoms with Crippen LogP contribution in [-0.4, -0.2) is 10.1 Å². The summed E-state index contributed by atoms with van der Waals surface area (Å²) in [6.07, 6.45) is 1.32. The van der Waals surface area contributed by atoms with Gasteiger partial charge in [-0.25, -0.2) is 0 Å². The summed E-state index contributed by atoms with van der Waals surface area (Å²) in [5.74, 6) is 0. The number of hydrogen-bond donors (Lipinski definition) is 0. The SMILES string of the molecule is O=CCCC(Cl)(Cl)Cl.[V]. The van der Waals surface area contributed by atoms with Crippen LogP contribution in [0.15, 0.2) is 0 Å². The topological polar surface area (TPSA) is 17.1 Å². The van der Waals surface area contributed by atoms with Gasteiger partial charge in [0.05, 0.1) is 0 Å². The fraction of sp³-hybridized carbons (Fsp3) is 0.750. The Balaban J connectivity index is 0. The molecule has 53 valence electrons. The Labute approximate surface area is 80.9 Å². The van der Waals surface area contributed by atoms with Crippen LogP contribution in [0.25, 0.3) is 0 Å². The van der Waals surface area contributed by atoms with Crippen LogP contribution >= 0.6 is 34.8 Å². The maximum absolute atomic E-state index is 9.68. The summed E-state index contributed by atoms with van der Waals surface area (Å²) in [6.45, 7) is 0. The van der Waals surface area contributed by atoms with Crippen LogP contribution in [0.5, 0.6) is 0 Å². The van der Waals surface area contributed by atoms with E-state index in [1.54, 1.807) is 0 Å². The maximum atomic E-state index is 9.68. The Morgan fingerprint density at radius 1 is 1.33 bits per heavy atom. The fourth-order valence-corrected chi connectivity index (χ4v) is 0.550. The zero-order valence-corrected chi connectivity index (χ0v) is 8.15. The first kappa shape index (κ1) is 12.8. The molecule has 0 aliphatic rings. The molecule has 0 heterocycles. The van der Waals surface area contributed by atoms with Crippen molar-refractivity contribution in [2.75, 3.05) is 0 Å². The van der Waals surface area contributed by atoms with Crippen LogP contribution in [0.3, 0.4) is 0 Å². The first-order chi connectivity index (χ1) is 3.56. The molecule has 9 heavy (non-hydrogen) atoms. The molecule has 0 bridgehead atoms. The molecule has 0 amide bonds. The number of hydrogen-bond acceptors (Lipinski definition) is 1. The largest absolute Gasteiger partial charge is 0.303 e. The molecule has 0 spiro atoms. The van der Waals surface area contributed by atoms with Gasteiger partial charge in [-0.2, -0.15) is 0 Å². The van der Waals surface area contributed by atoms with E-state index in [1.165, 1.54) is 0 Å². The molecular weight excluding hydrogens is 221 g/mol. The van der Waals surface area contributed by atoms with E-state index < -0.39 is 3.79 Å². The Morgan fingerprint density at radius 3 is 1.89 bits per heavy atom. The first-order valence-corrected chi connectivity index (χ1v) is 3.20. The zero-order chi connectivity index (χ0) is 6.62. The monoisotopic (exact) mass is 225 g/mol. The van der Waals surface area contributed by atoms with Crippen molar-refractivity contribution in [1.29, 1.82) is 0 Å². The summed E-state index contributed by atoms with van der Waals surface area (Å²) < 4.78 is -1.26. The molecule has 0 saturated carbocycles. The quantitative estimate of drug-likeness (QED) is 0.522. The normalized spacial score (nSPS) is 10.1. The molecule has 0 saturated heterocycles. The molecule has 1 nitrogen and oxygen atoms in total. The number of alkyl halides is 3. The van der Waals surface area contributed by atoms with Crippen molar-refractivity contribution in [3.63, 3.8) is 0 Å². The number of carbonyl (C=O) groups is 1. The first-order valence-electron chi connectivity index (χ1n) is 2.06. The standard InChI is InChI=1S/C4H5Cl3O.V/c5-4(6,7)2-1-3-8;/h3H,1-2H2;. The van der Waals surface area contributed by atoms with Crippen molar-refractivity contribution in [2.45, 2.75) is 16.6 Å². The summed E-state index contributed by atoms with van der Waals surface area (Å²) in [6, 6.07) is 0. The molecule has 0 N–H and O–H groups in total. The molecule has 0 aliphatic carbocycles. The van der Waals surface area contributed by atoms with Gasteiger partial charge in [-0.05, 0) is 0 Å². The molecule has 5 heteroatoms. The molecule has 1 radical (unpaired) electrons. The zero-order valence-electron chi connectivity index (χ0n) is 4.48. The summed E-state index contributed by atoms with van der Waals surface area (Å²) in [4.78, 5) is 9.68. The summed E-state index contributed by atoms with van der Waals surface area (Å²) >= 11 is 15.9. The van der Waals surface area contributed by atoms with Crippen LogP contribution in [-0.2, 0) is 23.4 Å².